The normalized spacial score (nSPS) is 18.4. The summed E-state index contributed by atoms with van der Waals surface area (Å²) in [5.74, 6) is -1.18. The standard InChI is InChI=1S/C78H143NO10/c1-4-7-10-13-16-19-22-25-27-29-31-33-35-36-37-39-41-43-45-48-51-54-57-60-63-66-73(83)89-76-75(85)74(84)72(67-80)88-78(76)87-68-69(70(81)64-61-58-55-52-49-46-24-21-18-15-12-9-6-3)79-77(86)71(82)65-62-59-56-53-50-47-44-42-40-38-34-32-30-28-26-23-20-17-14-11-8-5-2/h16,19,25-28,31,33,61,64,69-72,74-76,78,80-82,84-85H,4-15,17-18,20-24,29-30,32,34-60,62-63,65-68H2,1-3H3,(H,79,86)/b19-16-,27-25-,28-26+,33-31-,64-61+. The van der Waals surface area contributed by atoms with E-state index in [0.29, 0.717) is 19.3 Å². The molecule has 0 radical (unpaired) electrons. The Bertz CT molecular complexity index is 1680. The highest BCUT2D eigenvalue weighted by atomic mass is 16.7. The molecule has 0 aromatic rings. The van der Waals surface area contributed by atoms with E-state index < -0.39 is 67.4 Å². The molecule has 1 saturated heterocycles. The molecular weight excluding hydrogens is 1110 g/mol. The lowest BCUT2D eigenvalue weighted by Gasteiger charge is -2.41. The molecule has 1 heterocycles. The van der Waals surface area contributed by atoms with E-state index in [9.17, 15) is 35.1 Å². The monoisotopic (exact) mass is 1250 g/mol. The van der Waals surface area contributed by atoms with Crippen LogP contribution in [0.25, 0.3) is 0 Å². The molecule has 11 heteroatoms. The highest BCUT2D eigenvalue weighted by molar-refractivity contribution is 5.80. The zero-order chi connectivity index (χ0) is 64.6. The van der Waals surface area contributed by atoms with Gasteiger partial charge in [-0.25, -0.2) is 0 Å². The number of rotatable bonds is 66. The highest BCUT2D eigenvalue weighted by Gasteiger charge is 2.47. The zero-order valence-corrected chi connectivity index (χ0v) is 58.1. The van der Waals surface area contributed by atoms with Crippen LogP contribution in [0, 0.1) is 0 Å². The first-order valence-electron chi connectivity index (χ1n) is 38.1. The van der Waals surface area contributed by atoms with Gasteiger partial charge in [0.25, 0.3) is 0 Å². The van der Waals surface area contributed by atoms with E-state index in [1.165, 1.54) is 244 Å². The minimum Gasteiger partial charge on any atom is -0.454 e. The number of hydrogen-bond donors (Lipinski definition) is 6. The molecule has 11 nitrogen and oxygen atoms in total. The van der Waals surface area contributed by atoms with Crippen molar-refractivity contribution in [1.29, 1.82) is 0 Å². The second-order valence-electron chi connectivity index (χ2n) is 26.4. The minimum absolute atomic E-state index is 0.122. The maximum absolute atomic E-state index is 13.5. The number of amides is 1. The van der Waals surface area contributed by atoms with Crippen molar-refractivity contribution in [2.45, 2.75) is 410 Å². The minimum atomic E-state index is -1.62. The number of aliphatic hydroxyl groups is 5. The van der Waals surface area contributed by atoms with Gasteiger partial charge in [-0.05, 0) is 89.9 Å². The number of carbonyl (C=O) groups is 2. The van der Waals surface area contributed by atoms with Gasteiger partial charge >= 0.3 is 5.97 Å². The van der Waals surface area contributed by atoms with Gasteiger partial charge in [-0.3, -0.25) is 9.59 Å². The van der Waals surface area contributed by atoms with Crippen molar-refractivity contribution >= 4 is 11.9 Å². The molecular formula is C78H143NO10. The van der Waals surface area contributed by atoms with Crippen molar-refractivity contribution < 1.29 is 49.3 Å². The van der Waals surface area contributed by atoms with Crippen LogP contribution in [0.4, 0.5) is 0 Å². The summed E-state index contributed by atoms with van der Waals surface area (Å²) in [6.07, 6.45) is 74.0. The molecule has 89 heavy (non-hydrogen) atoms. The van der Waals surface area contributed by atoms with Crippen molar-refractivity contribution in [3.63, 3.8) is 0 Å². The van der Waals surface area contributed by atoms with Gasteiger partial charge in [0.2, 0.25) is 5.91 Å². The number of aliphatic hydroxyl groups excluding tert-OH is 5. The summed E-state index contributed by atoms with van der Waals surface area (Å²) in [7, 11) is 0. The van der Waals surface area contributed by atoms with Crippen molar-refractivity contribution in [2.24, 2.45) is 0 Å². The lowest BCUT2D eigenvalue weighted by atomic mass is 9.99. The van der Waals surface area contributed by atoms with Crippen LogP contribution in [0.15, 0.2) is 60.8 Å². The molecule has 8 atom stereocenters. The molecule has 0 aliphatic carbocycles. The van der Waals surface area contributed by atoms with Crippen LogP contribution >= 0.6 is 0 Å². The fourth-order valence-electron chi connectivity index (χ4n) is 11.9. The molecule has 1 fully saturated rings. The zero-order valence-electron chi connectivity index (χ0n) is 58.1. The molecule has 0 saturated carbocycles. The summed E-state index contributed by atoms with van der Waals surface area (Å²) >= 11 is 0. The number of esters is 1. The first-order chi connectivity index (χ1) is 43.7. The van der Waals surface area contributed by atoms with E-state index in [4.69, 9.17) is 14.2 Å². The second kappa shape index (κ2) is 65.4. The number of ether oxygens (including phenoxy) is 3. The molecule has 1 aliphatic heterocycles. The maximum atomic E-state index is 13.5. The molecule has 0 spiro atoms. The second-order valence-corrected chi connectivity index (χ2v) is 26.4. The summed E-state index contributed by atoms with van der Waals surface area (Å²) in [6, 6.07) is -1.03. The highest BCUT2D eigenvalue weighted by Crippen LogP contribution is 2.26. The Morgan fingerprint density at radius 3 is 1.19 bits per heavy atom. The van der Waals surface area contributed by atoms with E-state index in [1.54, 1.807) is 6.08 Å². The van der Waals surface area contributed by atoms with Crippen LogP contribution in [0.1, 0.15) is 361 Å². The van der Waals surface area contributed by atoms with Gasteiger partial charge in [0.1, 0.15) is 24.4 Å². The van der Waals surface area contributed by atoms with Gasteiger partial charge in [-0.1, -0.05) is 326 Å². The number of allylic oxidation sites excluding steroid dienone is 9. The lowest BCUT2D eigenvalue weighted by molar-refractivity contribution is -0.305. The Morgan fingerprint density at radius 2 is 0.775 bits per heavy atom. The van der Waals surface area contributed by atoms with Gasteiger partial charge in [0.15, 0.2) is 12.4 Å². The van der Waals surface area contributed by atoms with Gasteiger partial charge < -0.3 is 45.1 Å². The van der Waals surface area contributed by atoms with Gasteiger partial charge in [0.05, 0.1) is 25.4 Å². The maximum Gasteiger partial charge on any atom is 0.306 e. The molecule has 0 aromatic heterocycles. The molecule has 8 unspecified atom stereocenters. The van der Waals surface area contributed by atoms with E-state index in [2.05, 4.69) is 74.7 Å². The summed E-state index contributed by atoms with van der Waals surface area (Å²) < 4.78 is 17.7. The van der Waals surface area contributed by atoms with E-state index in [1.807, 2.05) is 6.08 Å². The summed E-state index contributed by atoms with van der Waals surface area (Å²) in [5, 5.41) is 57.4. The quantitative estimate of drug-likeness (QED) is 0.0195. The number of unbranched alkanes of at least 4 members (excludes halogenated alkanes) is 44. The van der Waals surface area contributed by atoms with Crippen LogP contribution in [-0.4, -0.2) is 99.6 Å². The van der Waals surface area contributed by atoms with Crippen molar-refractivity contribution in [3.05, 3.63) is 60.8 Å². The number of nitrogens with one attached hydrogen (secondary N) is 1. The van der Waals surface area contributed by atoms with E-state index in [-0.39, 0.29) is 13.0 Å². The van der Waals surface area contributed by atoms with Crippen molar-refractivity contribution in [2.75, 3.05) is 13.2 Å². The van der Waals surface area contributed by atoms with Gasteiger partial charge in [-0.15, -0.1) is 0 Å². The van der Waals surface area contributed by atoms with Crippen LogP contribution < -0.4 is 5.32 Å². The average molecular weight is 1250 g/mol. The van der Waals surface area contributed by atoms with Crippen LogP contribution in [0.3, 0.4) is 0 Å². The topological polar surface area (TPSA) is 175 Å². The van der Waals surface area contributed by atoms with Crippen LogP contribution in [0.5, 0.6) is 0 Å². The molecule has 0 aromatic carbocycles. The first-order valence-corrected chi connectivity index (χ1v) is 38.1. The molecule has 6 N–H and O–H groups in total. The van der Waals surface area contributed by atoms with E-state index >= 15 is 0 Å². The predicted molar refractivity (Wildman–Crippen MR) is 375 cm³/mol. The fraction of sp³-hybridized carbons (Fsp3) is 0.846. The Balaban J connectivity index is 2.55. The Labute approximate surface area is 548 Å². The molecule has 1 amide bonds. The molecule has 1 rings (SSSR count). The smallest absolute Gasteiger partial charge is 0.306 e. The van der Waals surface area contributed by atoms with Crippen LogP contribution in [-0.2, 0) is 23.8 Å². The lowest BCUT2D eigenvalue weighted by Crippen LogP contribution is -2.61. The first kappa shape index (κ1) is 84.4. The predicted octanol–water partition coefficient (Wildman–Crippen LogP) is 20.1. The summed E-state index contributed by atoms with van der Waals surface area (Å²) in [4.78, 5) is 26.7. The SMILES string of the molecule is CCCCC/C=C\C/C=C\C/C=C\CCCCCCCCCCCCCCC(=O)OC1C(OCC(NC(=O)C(O)CCCCCCCCCCCCCC/C=C/CCCCCCCC)C(O)/C=C/CCCCCCCCCCCCC)OC(CO)C(O)C1O. The largest absolute Gasteiger partial charge is 0.454 e. The summed E-state index contributed by atoms with van der Waals surface area (Å²) in [6.45, 7) is 5.82. The number of hydrogen-bond acceptors (Lipinski definition) is 10. The third-order valence-corrected chi connectivity index (χ3v) is 17.9. The van der Waals surface area contributed by atoms with Gasteiger partial charge in [0, 0.05) is 6.42 Å². The number of carbonyl (C=O) groups excluding carboxylic acids is 2. The Hall–Kier alpha value is -2.64. The average Bonchev–Trinajstić information content (AvgIpc) is 1.80. The molecule has 520 valence electrons. The van der Waals surface area contributed by atoms with Crippen molar-refractivity contribution in [3.8, 4) is 0 Å². The summed E-state index contributed by atoms with van der Waals surface area (Å²) in [5.41, 5.74) is 0. The molecule has 1 aliphatic rings. The van der Waals surface area contributed by atoms with E-state index in [0.717, 1.165) is 70.6 Å². The Kier molecular flexibility index (Phi) is 62.0. The Morgan fingerprint density at radius 1 is 0.438 bits per heavy atom. The van der Waals surface area contributed by atoms with Gasteiger partial charge in [-0.2, -0.15) is 0 Å². The third kappa shape index (κ3) is 52.4. The van der Waals surface area contributed by atoms with Crippen molar-refractivity contribution in [1.82, 2.24) is 5.32 Å². The third-order valence-electron chi connectivity index (χ3n) is 17.9. The fourth-order valence-corrected chi connectivity index (χ4v) is 11.9. The van der Waals surface area contributed by atoms with Crippen LogP contribution in [0.2, 0.25) is 0 Å². The molecule has 0 bridgehead atoms.